The Hall–Kier alpha value is -1.39. The Labute approximate surface area is 139 Å². The van der Waals surface area contributed by atoms with E-state index in [1.807, 2.05) is 6.33 Å². The molecule has 0 N–H and O–H groups in total. The van der Waals surface area contributed by atoms with Crippen LogP contribution < -0.4 is 0 Å². The SMILES string of the molecule is CCn1cnnc1C1CCN(C(=O)CCC2CCCCC2)CC1. The number of carbonyl (C=O) groups excluding carboxylic acids is 1. The van der Waals surface area contributed by atoms with Crippen molar-refractivity contribution in [1.29, 1.82) is 0 Å². The molecule has 0 radical (unpaired) electrons. The second-order valence-electron chi connectivity index (χ2n) is 7.17. The smallest absolute Gasteiger partial charge is 0.222 e. The van der Waals surface area contributed by atoms with Gasteiger partial charge in [-0.1, -0.05) is 32.1 Å². The van der Waals surface area contributed by atoms with Crippen LogP contribution in [0.1, 0.15) is 76.5 Å². The minimum Gasteiger partial charge on any atom is -0.343 e. The zero-order chi connectivity index (χ0) is 16.1. The molecule has 0 unspecified atom stereocenters. The molecule has 1 saturated heterocycles. The Kier molecular flexibility index (Phi) is 5.68. The van der Waals surface area contributed by atoms with Crippen molar-refractivity contribution in [2.75, 3.05) is 13.1 Å². The van der Waals surface area contributed by atoms with Crippen molar-refractivity contribution in [2.45, 2.75) is 77.2 Å². The van der Waals surface area contributed by atoms with Gasteiger partial charge in [-0.2, -0.15) is 0 Å². The molecule has 1 aromatic heterocycles. The molecule has 128 valence electrons. The first kappa shape index (κ1) is 16.5. The molecule has 23 heavy (non-hydrogen) atoms. The van der Waals surface area contributed by atoms with Gasteiger partial charge in [0.05, 0.1) is 0 Å². The van der Waals surface area contributed by atoms with Gasteiger partial charge in [0.2, 0.25) is 5.91 Å². The summed E-state index contributed by atoms with van der Waals surface area (Å²) in [5, 5.41) is 8.32. The lowest BCUT2D eigenvalue weighted by molar-refractivity contribution is -0.132. The summed E-state index contributed by atoms with van der Waals surface area (Å²) >= 11 is 0. The highest BCUT2D eigenvalue weighted by Crippen LogP contribution is 2.29. The van der Waals surface area contributed by atoms with Crippen LogP contribution in [-0.2, 0) is 11.3 Å². The molecular weight excluding hydrogens is 288 g/mol. The van der Waals surface area contributed by atoms with Crippen molar-refractivity contribution >= 4 is 5.91 Å². The number of aromatic nitrogens is 3. The van der Waals surface area contributed by atoms with E-state index < -0.39 is 0 Å². The molecule has 0 bridgehead atoms. The highest BCUT2D eigenvalue weighted by Gasteiger charge is 2.27. The summed E-state index contributed by atoms with van der Waals surface area (Å²) in [6, 6.07) is 0. The van der Waals surface area contributed by atoms with E-state index in [2.05, 4.69) is 26.6 Å². The summed E-state index contributed by atoms with van der Waals surface area (Å²) in [4.78, 5) is 14.5. The molecule has 2 heterocycles. The normalized spacial score (nSPS) is 20.8. The van der Waals surface area contributed by atoms with Gasteiger partial charge >= 0.3 is 0 Å². The van der Waals surface area contributed by atoms with Crippen molar-refractivity contribution < 1.29 is 4.79 Å². The Morgan fingerprint density at radius 2 is 1.91 bits per heavy atom. The lowest BCUT2D eigenvalue weighted by Gasteiger charge is -2.32. The van der Waals surface area contributed by atoms with Gasteiger partial charge in [-0.15, -0.1) is 10.2 Å². The number of rotatable bonds is 5. The van der Waals surface area contributed by atoms with E-state index in [1.165, 1.54) is 32.1 Å². The number of piperidine rings is 1. The van der Waals surface area contributed by atoms with Crippen molar-refractivity contribution in [3.05, 3.63) is 12.2 Å². The predicted octanol–water partition coefficient (Wildman–Crippen LogP) is 3.36. The molecule has 0 spiro atoms. The quantitative estimate of drug-likeness (QED) is 0.836. The zero-order valence-corrected chi connectivity index (χ0v) is 14.4. The molecule has 1 aliphatic heterocycles. The fourth-order valence-electron chi connectivity index (χ4n) is 4.17. The molecule has 5 nitrogen and oxygen atoms in total. The van der Waals surface area contributed by atoms with Gasteiger partial charge in [0.25, 0.3) is 0 Å². The van der Waals surface area contributed by atoms with E-state index in [4.69, 9.17) is 0 Å². The average molecular weight is 318 g/mol. The summed E-state index contributed by atoms with van der Waals surface area (Å²) in [6.07, 6.45) is 12.5. The molecule has 3 rings (SSSR count). The van der Waals surface area contributed by atoms with Gasteiger partial charge in [0.15, 0.2) is 0 Å². The predicted molar refractivity (Wildman–Crippen MR) is 90.1 cm³/mol. The molecule has 1 saturated carbocycles. The number of likely N-dealkylation sites (tertiary alicyclic amines) is 1. The van der Waals surface area contributed by atoms with Gasteiger partial charge in [-0.05, 0) is 32.1 Å². The first-order valence-corrected chi connectivity index (χ1v) is 9.43. The topological polar surface area (TPSA) is 51.0 Å². The molecule has 5 heteroatoms. The number of carbonyl (C=O) groups is 1. The van der Waals surface area contributed by atoms with Crippen molar-refractivity contribution in [3.63, 3.8) is 0 Å². The second-order valence-corrected chi connectivity index (χ2v) is 7.17. The van der Waals surface area contributed by atoms with Gasteiger partial charge in [-0.3, -0.25) is 4.79 Å². The minimum atomic E-state index is 0.367. The first-order chi connectivity index (χ1) is 11.3. The molecule has 1 amide bonds. The summed E-state index contributed by atoms with van der Waals surface area (Å²) in [7, 11) is 0. The summed E-state index contributed by atoms with van der Waals surface area (Å²) in [5.74, 6) is 2.72. The van der Waals surface area contributed by atoms with E-state index in [9.17, 15) is 4.79 Å². The summed E-state index contributed by atoms with van der Waals surface area (Å²) < 4.78 is 2.13. The molecule has 2 aliphatic rings. The third-order valence-electron chi connectivity index (χ3n) is 5.69. The first-order valence-electron chi connectivity index (χ1n) is 9.43. The number of aryl methyl sites for hydroxylation is 1. The number of nitrogens with zero attached hydrogens (tertiary/aromatic N) is 4. The Morgan fingerprint density at radius 1 is 1.17 bits per heavy atom. The van der Waals surface area contributed by atoms with Crippen molar-refractivity contribution in [3.8, 4) is 0 Å². The maximum atomic E-state index is 12.4. The van der Waals surface area contributed by atoms with Gasteiger partial charge < -0.3 is 9.47 Å². The van der Waals surface area contributed by atoms with Crippen LogP contribution in [0.5, 0.6) is 0 Å². The monoisotopic (exact) mass is 318 g/mol. The van der Waals surface area contributed by atoms with E-state index in [0.717, 1.165) is 57.1 Å². The maximum absolute atomic E-state index is 12.4. The largest absolute Gasteiger partial charge is 0.343 e. The van der Waals surface area contributed by atoms with Crippen LogP contribution in [0, 0.1) is 5.92 Å². The lowest BCUT2D eigenvalue weighted by atomic mass is 9.86. The number of hydrogen-bond acceptors (Lipinski definition) is 3. The fraction of sp³-hybridized carbons (Fsp3) is 0.833. The summed E-state index contributed by atoms with van der Waals surface area (Å²) in [5.41, 5.74) is 0. The Balaban J connectivity index is 1.44. The van der Waals surface area contributed by atoms with Gasteiger partial charge in [-0.25, -0.2) is 0 Å². The zero-order valence-electron chi connectivity index (χ0n) is 14.4. The second kappa shape index (κ2) is 7.93. The van der Waals surface area contributed by atoms with Gasteiger partial charge in [0, 0.05) is 32.0 Å². The Morgan fingerprint density at radius 3 is 2.61 bits per heavy atom. The van der Waals surface area contributed by atoms with Crippen LogP contribution in [0.15, 0.2) is 6.33 Å². The van der Waals surface area contributed by atoms with E-state index in [1.54, 1.807) is 0 Å². The molecule has 0 atom stereocenters. The highest BCUT2D eigenvalue weighted by atomic mass is 16.2. The van der Waals surface area contributed by atoms with Crippen molar-refractivity contribution in [1.82, 2.24) is 19.7 Å². The molecular formula is C18H30N4O. The molecule has 1 aromatic rings. The van der Waals surface area contributed by atoms with Crippen LogP contribution in [0.4, 0.5) is 0 Å². The van der Waals surface area contributed by atoms with Crippen LogP contribution in [-0.4, -0.2) is 38.7 Å². The van der Waals surface area contributed by atoms with Crippen LogP contribution in [0.25, 0.3) is 0 Å². The highest BCUT2D eigenvalue weighted by molar-refractivity contribution is 5.76. The van der Waals surface area contributed by atoms with E-state index in [-0.39, 0.29) is 0 Å². The minimum absolute atomic E-state index is 0.367. The average Bonchev–Trinajstić information content (AvgIpc) is 3.09. The standard InChI is InChI=1S/C18H30N4O/c1-2-21-14-19-20-18(21)16-10-12-22(13-11-16)17(23)9-8-15-6-4-3-5-7-15/h14-16H,2-13H2,1H3. The third-order valence-corrected chi connectivity index (χ3v) is 5.69. The Bertz CT molecular complexity index is 499. The van der Waals surface area contributed by atoms with E-state index >= 15 is 0 Å². The lowest BCUT2D eigenvalue weighted by Crippen LogP contribution is -2.38. The molecule has 1 aliphatic carbocycles. The van der Waals surface area contributed by atoms with Gasteiger partial charge in [0.1, 0.15) is 12.2 Å². The van der Waals surface area contributed by atoms with Crippen molar-refractivity contribution in [2.24, 2.45) is 5.92 Å². The maximum Gasteiger partial charge on any atom is 0.222 e. The third kappa shape index (κ3) is 4.12. The van der Waals surface area contributed by atoms with Crippen LogP contribution in [0.2, 0.25) is 0 Å². The van der Waals surface area contributed by atoms with Crippen LogP contribution >= 0.6 is 0 Å². The van der Waals surface area contributed by atoms with Crippen LogP contribution in [0.3, 0.4) is 0 Å². The number of hydrogen-bond donors (Lipinski definition) is 0. The summed E-state index contributed by atoms with van der Waals surface area (Å²) in [6.45, 7) is 4.80. The molecule has 2 fully saturated rings. The molecule has 0 aromatic carbocycles. The fourth-order valence-corrected chi connectivity index (χ4v) is 4.17. The van der Waals surface area contributed by atoms with E-state index in [0.29, 0.717) is 11.8 Å². The number of amides is 1.